The molecule has 0 radical (unpaired) electrons. The van der Waals surface area contributed by atoms with Crippen LogP contribution in [-0.4, -0.2) is 33.1 Å². The monoisotopic (exact) mass is 430 g/mol. The van der Waals surface area contributed by atoms with Gasteiger partial charge in [0.05, 0.1) is 0 Å². The van der Waals surface area contributed by atoms with Gasteiger partial charge in [-0.3, -0.25) is 4.90 Å². The Morgan fingerprint density at radius 3 is 2.44 bits per heavy atom. The minimum absolute atomic E-state index is 0.228. The van der Waals surface area contributed by atoms with Gasteiger partial charge < -0.3 is 0 Å². The molecular weight excluding hydrogens is 394 g/mol. The highest BCUT2D eigenvalue weighted by Crippen LogP contribution is 2.70. The first-order valence-electron chi connectivity index (χ1n) is 12.6. The summed E-state index contributed by atoms with van der Waals surface area (Å²) in [5, 5.41) is 9.75. The zero-order valence-electron chi connectivity index (χ0n) is 19.8. The van der Waals surface area contributed by atoms with Crippen molar-refractivity contribution in [1.82, 2.24) is 20.0 Å². The Kier molecular flexibility index (Phi) is 4.87. The van der Waals surface area contributed by atoms with Crippen LogP contribution in [0.3, 0.4) is 0 Å². The molecule has 1 saturated heterocycles. The molecular formula is C27H36N5+. The van der Waals surface area contributed by atoms with Crippen molar-refractivity contribution in [3.63, 3.8) is 0 Å². The first-order chi connectivity index (χ1) is 15.5. The van der Waals surface area contributed by atoms with E-state index in [-0.39, 0.29) is 6.04 Å². The van der Waals surface area contributed by atoms with Crippen molar-refractivity contribution in [2.45, 2.75) is 71.4 Å². The van der Waals surface area contributed by atoms with Crippen molar-refractivity contribution < 1.29 is 4.68 Å². The second kappa shape index (κ2) is 7.65. The zero-order valence-corrected chi connectivity index (χ0v) is 19.8. The van der Waals surface area contributed by atoms with E-state index in [0.717, 1.165) is 43.6 Å². The van der Waals surface area contributed by atoms with Gasteiger partial charge >= 0.3 is 5.82 Å². The summed E-state index contributed by atoms with van der Waals surface area (Å²) < 4.78 is 2.41. The molecule has 4 atom stereocenters. The average Bonchev–Trinajstić information content (AvgIpc) is 3.57. The number of hydrogen-bond acceptors (Lipinski definition) is 3. The number of allylic oxidation sites excluding steroid dienone is 2. The van der Waals surface area contributed by atoms with E-state index in [0.29, 0.717) is 12.0 Å². The van der Waals surface area contributed by atoms with Gasteiger partial charge in [-0.25, -0.2) is 0 Å². The van der Waals surface area contributed by atoms with Crippen LogP contribution in [0.5, 0.6) is 0 Å². The smallest absolute Gasteiger partial charge is 0.287 e. The molecule has 0 spiro atoms. The van der Waals surface area contributed by atoms with Gasteiger partial charge in [-0.2, -0.15) is 0 Å². The molecule has 168 valence electrons. The van der Waals surface area contributed by atoms with E-state index in [9.17, 15) is 0 Å². The molecule has 2 aromatic rings. The van der Waals surface area contributed by atoms with Crippen molar-refractivity contribution in [2.24, 2.45) is 17.8 Å². The summed E-state index contributed by atoms with van der Waals surface area (Å²) in [7, 11) is 0. The molecule has 3 aliphatic carbocycles. The summed E-state index contributed by atoms with van der Waals surface area (Å²) in [6, 6.07) is 7.39. The molecule has 4 unspecified atom stereocenters. The molecule has 5 heteroatoms. The number of aryl methyl sites for hydroxylation is 2. The third-order valence-corrected chi connectivity index (χ3v) is 8.45. The van der Waals surface area contributed by atoms with Crippen molar-refractivity contribution in [3.05, 3.63) is 59.0 Å². The average molecular weight is 431 g/mol. The van der Waals surface area contributed by atoms with E-state index >= 15 is 0 Å². The third-order valence-electron chi connectivity index (χ3n) is 8.45. The quantitative estimate of drug-likeness (QED) is 0.488. The fourth-order valence-electron chi connectivity index (χ4n) is 6.20. The van der Waals surface area contributed by atoms with E-state index in [1.54, 1.807) is 0 Å². The lowest BCUT2D eigenvalue weighted by Crippen LogP contribution is -2.49. The zero-order chi connectivity index (χ0) is 22.0. The van der Waals surface area contributed by atoms with Gasteiger partial charge in [0, 0.05) is 0 Å². The number of para-hydroxylation sites is 1. The highest BCUT2D eigenvalue weighted by Gasteiger charge is 2.69. The first kappa shape index (κ1) is 20.3. The summed E-state index contributed by atoms with van der Waals surface area (Å²) in [4.78, 5) is 4.91. The molecule has 5 nitrogen and oxygen atoms in total. The van der Waals surface area contributed by atoms with Crippen molar-refractivity contribution in [3.8, 4) is 5.69 Å². The van der Waals surface area contributed by atoms with Gasteiger partial charge in [0.15, 0.2) is 5.21 Å². The molecule has 32 heavy (non-hydrogen) atoms. The lowest BCUT2D eigenvalue weighted by molar-refractivity contribution is -0.702. The predicted octanol–water partition coefficient (Wildman–Crippen LogP) is 4.80. The van der Waals surface area contributed by atoms with E-state index in [4.69, 9.17) is 10.3 Å². The van der Waals surface area contributed by atoms with Crippen molar-refractivity contribution >= 4 is 0 Å². The standard InChI is InChI=1S/C27H36N5/c1-17(2)20-10-12-21(13-11-20)25(30-14-5-6-15-30)27-28-29-32(26-22-16-23(22)26)31(27)24-18(3)8-7-9-19(24)4/h7-9,12,20,22-23,25-26H,1,5-6,10-11,13-16H2,2-4H3/q+1. The lowest BCUT2D eigenvalue weighted by Gasteiger charge is -2.31. The molecule has 1 aliphatic heterocycles. The van der Waals surface area contributed by atoms with Crippen LogP contribution < -0.4 is 4.68 Å². The molecule has 1 aromatic heterocycles. The van der Waals surface area contributed by atoms with Crippen molar-refractivity contribution in [1.29, 1.82) is 0 Å². The Bertz CT molecular complexity index is 1060. The Morgan fingerprint density at radius 1 is 1.16 bits per heavy atom. The summed E-state index contributed by atoms with van der Waals surface area (Å²) in [6.07, 6.45) is 9.89. The van der Waals surface area contributed by atoms with E-state index in [1.165, 1.54) is 53.6 Å². The van der Waals surface area contributed by atoms with E-state index in [1.807, 2.05) is 0 Å². The number of benzene rings is 1. The SMILES string of the molecule is C=C(C)C1CC=C(C(c2nnn(C3C4CC43)[n+]2-c2c(C)cccc2C)N2CCCC2)CC1. The van der Waals surface area contributed by atoms with E-state index in [2.05, 4.69) is 66.0 Å². The maximum absolute atomic E-state index is 4.94. The van der Waals surface area contributed by atoms with Crippen LogP contribution in [0.1, 0.15) is 74.5 Å². The fourth-order valence-corrected chi connectivity index (χ4v) is 6.20. The van der Waals surface area contributed by atoms with Gasteiger partial charge in [0.2, 0.25) is 0 Å². The van der Waals surface area contributed by atoms with Crippen LogP contribution in [0, 0.1) is 31.6 Å². The minimum Gasteiger partial charge on any atom is -0.287 e. The number of tetrazole rings is 1. The second-order valence-electron chi connectivity index (χ2n) is 10.7. The van der Waals surface area contributed by atoms with Crippen LogP contribution in [0.4, 0.5) is 0 Å². The van der Waals surface area contributed by atoms with Gasteiger partial charge in [0.1, 0.15) is 22.9 Å². The molecule has 4 aliphatic rings. The molecule has 0 amide bonds. The van der Waals surface area contributed by atoms with Gasteiger partial charge in [-0.1, -0.05) is 41.2 Å². The van der Waals surface area contributed by atoms with Crippen molar-refractivity contribution in [2.75, 3.05) is 13.1 Å². The Balaban J connectivity index is 1.47. The van der Waals surface area contributed by atoms with Crippen LogP contribution >= 0.6 is 0 Å². The lowest BCUT2D eigenvalue weighted by atomic mass is 9.83. The number of nitrogens with zero attached hydrogens (tertiary/aromatic N) is 5. The Morgan fingerprint density at radius 2 is 1.88 bits per heavy atom. The summed E-state index contributed by atoms with van der Waals surface area (Å²) in [5.41, 5.74) is 6.74. The fraction of sp³-hybridized carbons (Fsp3) is 0.593. The molecule has 6 rings (SSSR count). The number of aromatic nitrogens is 4. The number of fused-ring (bicyclic) bond motifs is 1. The Hall–Kier alpha value is -2.27. The highest BCUT2D eigenvalue weighted by molar-refractivity contribution is 5.40. The minimum atomic E-state index is 0.228. The molecule has 3 fully saturated rings. The summed E-state index contributed by atoms with van der Waals surface area (Å²) in [6.45, 7) is 13.2. The molecule has 0 bridgehead atoms. The predicted molar refractivity (Wildman–Crippen MR) is 125 cm³/mol. The molecule has 1 aromatic carbocycles. The third kappa shape index (κ3) is 3.28. The van der Waals surface area contributed by atoms with Crippen LogP contribution in [0.15, 0.2) is 42.0 Å². The number of rotatable bonds is 6. The van der Waals surface area contributed by atoms with Crippen LogP contribution in [-0.2, 0) is 0 Å². The highest BCUT2D eigenvalue weighted by atomic mass is 15.7. The second-order valence-corrected chi connectivity index (χ2v) is 10.7. The molecule has 2 saturated carbocycles. The Labute approximate surface area is 191 Å². The molecule has 2 heterocycles. The summed E-state index contributed by atoms with van der Waals surface area (Å²) >= 11 is 0. The number of likely N-dealkylation sites (tertiary alicyclic amines) is 1. The van der Waals surface area contributed by atoms with Gasteiger partial charge in [-0.05, 0) is 107 Å². The topological polar surface area (TPSA) is 37.8 Å². The van der Waals surface area contributed by atoms with Gasteiger partial charge in [0.25, 0.3) is 0 Å². The van der Waals surface area contributed by atoms with E-state index < -0.39 is 0 Å². The summed E-state index contributed by atoms with van der Waals surface area (Å²) in [5.74, 6) is 3.40. The molecule has 0 N–H and O–H groups in total. The number of hydrogen-bond donors (Lipinski definition) is 0. The van der Waals surface area contributed by atoms with Crippen LogP contribution in [0.2, 0.25) is 0 Å². The maximum Gasteiger partial charge on any atom is 0.327 e. The van der Waals surface area contributed by atoms with Gasteiger partial charge in [-0.15, -0.1) is 4.68 Å². The first-order valence-corrected chi connectivity index (χ1v) is 12.6. The van der Waals surface area contributed by atoms with Crippen LogP contribution in [0.25, 0.3) is 5.69 Å². The maximum atomic E-state index is 4.94. The largest absolute Gasteiger partial charge is 0.327 e. The normalized spacial score (nSPS) is 30.0.